The molecule has 1 aromatic carbocycles. The smallest absolute Gasteiger partial charge is 0.319 e. The van der Waals surface area contributed by atoms with Gasteiger partial charge in [0.25, 0.3) is 0 Å². The molecule has 0 aromatic heterocycles. The van der Waals surface area contributed by atoms with E-state index < -0.39 is 0 Å². The van der Waals surface area contributed by atoms with Crippen molar-refractivity contribution < 1.29 is 9.59 Å². The minimum atomic E-state index is -0.256. The SMILES string of the molecule is CC(N)CC(=O)Nc1ccc(NC(=O)NC(C)C)cc1.Cl. The van der Waals surface area contributed by atoms with Gasteiger partial charge in [-0.15, -0.1) is 12.4 Å². The average Bonchev–Trinajstić information content (AvgIpc) is 2.29. The first-order valence-electron chi connectivity index (χ1n) is 6.60. The van der Waals surface area contributed by atoms with Gasteiger partial charge in [0.1, 0.15) is 0 Å². The van der Waals surface area contributed by atoms with Crippen LogP contribution in [0.4, 0.5) is 16.2 Å². The number of benzene rings is 1. The van der Waals surface area contributed by atoms with Crippen LogP contribution in [0.25, 0.3) is 0 Å². The van der Waals surface area contributed by atoms with Crippen molar-refractivity contribution in [3.05, 3.63) is 24.3 Å². The van der Waals surface area contributed by atoms with Gasteiger partial charge < -0.3 is 21.7 Å². The molecule has 7 heteroatoms. The van der Waals surface area contributed by atoms with Gasteiger partial charge in [-0.3, -0.25) is 4.79 Å². The second-order valence-electron chi connectivity index (χ2n) is 5.06. The van der Waals surface area contributed by atoms with Gasteiger partial charge in [-0.25, -0.2) is 4.79 Å². The van der Waals surface area contributed by atoms with Crippen molar-refractivity contribution in [1.82, 2.24) is 5.32 Å². The largest absolute Gasteiger partial charge is 0.336 e. The topological polar surface area (TPSA) is 96.2 Å². The van der Waals surface area contributed by atoms with E-state index in [1.165, 1.54) is 0 Å². The molecule has 3 amide bonds. The van der Waals surface area contributed by atoms with Crippen molar-refractivity contribution >= 4 is 35.7 Å². The van der Waals surface area contributed by atoms with E-state index in [4.69, 9.17) is 5.73 Å². The highest BCUT2D eigenvalue weighted by Crippen LogP contribution is 2.13. The van der Waals surface area contributed by atoms with Gasteiger partial charge in [-0.2, -0.15) is 0 Å². The van der Waals surface area contributed by atoms with E-state index in [0.29, 0.717) is 11.4 Å². The molecule has 5 N–H and O–H groups in total. The molecule has 1 rings (SSSR count). The molecule has 1 atom stereocenters. The number of urea groups is 1. The summed E-state index contributed by atoms with van der Waals surface area (Å²) in [6, 6.07) is 6.55. The zero-order chi connectivity index (χ0) is 15.1. The first kappa shape index (κ1) is 19.2. The molecule has 0 radical (unpaired) electrons. The minimum absolute atomic E-state index is 0. The second-order valence-corrected chi connectivity index (χ2v) is 5.06. The molecular weight excluding hydrogens is 292 g/mol. The van der Waals surface area contributed by atoms with Crippen LogP contribution in [-0.4, -0.2) is 24.0 Å². The number of amides is 3. The maximum absolute atomic E-state index is 11.5. The quantitative estimate of drug-likeness (QED) is 0.671. The molecule has 6 nitrogen and oxygen atoms in total. The fraction of sp³-hybridized carbons (Fsp3) is 0.429. The molecule has 0 spiro atoms. The number of halogens is 1. The first-order chi connectivity index (χ1) is 9.36. The monoisotopic (exact) mass is 314 g/mol. The molecule has 0 saturated heterocycles. The van der Waals surface area contributed by atoms with E-state index in [-0.39, 0.29) is 42.8 Å². The van der Waals surface area contributed by atoms with Crippen molar-refractivity contribution in [3.63, 3.8) is 0 Å². The Morgan fingerprint density at radius 2 is 1.52 bits per heavy atom. The predicted octanol–water partition coefficient (Wildman–Crippen LogP) is 2.31. The fourth-order valence-electron chi connectivity index (χ4n) is 1.57. The third-order valence-electron chi connectivity index (χ3n) is 2.35. The van der Waals surface area contributed by atoms with Crippen LogP contribution in [0.5, 0.6) is 0 Å². The third-order valence-corrected chi connectivity index (χ3v) is 2.35. The number of carbonyl (C=O) groups is 2. The van der Waals surface area contributed by atoms with Crippen LogP contribution in [0.2, 0.25) is 0 Å². The highest BCUT2D eigenvalue weighted by molar-refractivity contribution is 5.92. The lowest BCUT2D eigenvalue weighted by atomic mass is 10.2. The van der Waals surface area contributed by atoms with Crippen molar-refractivity contribution in [3.8, 4) is 0 Å². The zero-order valence-electron chi connectivity index (χ0n) is 12.5. The van der Waals surface area contributed by atoms with Crippen LogP contribution in [0.15, 0.2) is 24.3 Å². The highest BCUT2D eigenvalue weighted by Gasteiger charge is 2.06. The Bertz CT molecular complexity index is 418. The summed E-state index contributed by atoms with van der Waals surface area (Å²) in [5, 5.41) is 8.17. The van der Waals surface area contributed by atoms with Crippen molar-refractivity contribution in [2.45, 2.75) is 39.3 Å². The van der Waals surface area contributed by atoms with Crippen molar-refractivity contribution in [2.24, 2.45) is 5.73 Å². The Kier molecular flexibility index (Phi) is 8.42. The lowest BCUT2D eigenvalue weighted by Gasteiger charge is -2.11. The van der Waals surface area contributed by atoms with Crippen LogP contribution in [0, 0.1) is 0 Å². The summed E-state index contributed by atoms with van der Waals surface area (Å²) in [6.45, 7) is 5.55. The lowest BCUT2D eigenvalue weighted by molar-refractivity contribution is -0.116. The Labute approximate surface area is 131 Å². The maximum Gasteiger partial charge on any atom is 0.319 e. The number of rotatable bonds is 5. The number of carbonyl (C=O) groups excluding carboxylic acids is 2. The normalized spacial score (nSPS) is 11.3. The summed E-state index contributed by atoms with van der Waals surface area (Å²) in [5.41, 5.74) is 6.88. The molecule has 0 aliphatic heterocycles. The van der Waals surface area contributed by atoms with Crippen molar-refractivity contribution in [1.29, 1.82) is 0 Å². The van der Waals surface area contributed by atoms with E-state index in [9.17, 15) is 9.59 Å². The standard InChI is InChI=1S/C14H22N4O2.ClH/c1-9(2)16-14(20)18-12-6-4-11(5-7-12)17-13(19)8-10(3)15;/h4-7,9-10H,8,15H2,1-3H3,(H,17,19)(H2,16,18,20);1H. The summed E-state index contributed by atoms with van der Waals surface area (Å²) in [6.07, 6.45) is 0.275. The Hall–Kier alpha value is -1.79. The number of nitrogens with two attached hydrogens (primary N) is 1. The van der Waals surface area contributed by atoms with Gasteiger partial charge in [0.15, 0.2) is 0 Å². The van der Waals surface area contributed by atoms with Crippen LogP contribution in [0.1, 0.15) is 27.2 Å². The van der Waals surface area contributed by atoms with E-state index in [0.717, 1.165) is 0 Å². The molecule has 0 heterocycles. The van der Waals surface area contributed by atoms with Gasteiger partial charge in [-0.05, 0) is 45.0 Å². The Balaban J connectivity index is 0.00000400. The summed E-state index contributed by atoms with van der Waals surface area (Å²) < 4.78 is 0. The summed E-state index contributed by atoms with van der Waals surface area (Å²) in [4.78, 5) is 23.0. The van der Waals surface area contributed by atoms with Gasteiger partial charge >= 0.3 is 6.03 Å². The summed E-state index contributed by atoms with van der Waals surface area (Å²) >= 11 is 0. The van der Waals surface area contributed by atoms with E-state index in [2.05, 4.69) is 16.0 Å². The van der Waals surface area contributed by atoms with E-state index >= 15 is 0 Å². The number of hydrogen-bond acceptors (Lipinski definition) is 3. The second kappa shape index (κ2) is 9.20. The number of anilines is 2. The highest BCUT2D eigenvalue weighted by atomic mass is 35.5. The molecule has 1 unspecified atom stereocenters. The summed E-state index contributed by atoms with van der Waals surface area (Å²) in [7, 11) is 0. The lowest BCUT2D eigenvalue weighted by Crippen LogP contribution is -2.34. The van der Waals surface area contributed by atoms with Crippen LogP contribution < -0.4 is 21.7 Å². The van der Waals surface area contributed by atoms with E-state index in [1.54, 1.807) is 31.2 Å². The van der Waals surface area contributed by atoms with Gasteiger partial charge in [0.2, 0.25) is 5.91 Å². The Morgan fingerprint density at radius 1 is 1.05 bits per heavy atom. The molecule has 0 aliphatic rings. The third kappa shape index (κ3) is 8.16. The van der Waals surface area contributed by atoms with Gasteiger partial charge in [0.05, 0.1) is 0 Å². The molecule has 0 saturated carbocycles. The number of hydrogen-bond donors (Lipinski definition) is 4. The maximum atomic E-state index is 11.5. The zero-order valence-corrected chi connectivity index (χ0v) is 13.3. The van der Waals surface area contributed by atoms with Gasteiger partial charge in [0, 0.05) is 29.9 Å². The molecule has 21 heavy (non-hydrogen) atoms. The molecule has 118 valence electrons. The van der Waals surface area contributed by atoms with Crippen LogP contribution in [-0.2, 0) is 4.79 Å². The fourth-order valence-corrected chi connectivity index (χ4v) is 1.57. The Morgan fingerprint density at radius 3 is 1.95 bits per heavy atom. The van der Waals surface area contributed by atoms with Crippen LogP contribution >= 0.6 is 12.4 Å². The number of nitrogens with one attached hydrogen (secondary N) is 3. The predicted molar refractivity (Wildman–Crippen MR) is 87.9 cm³/mol. The molecule has 0 aliphatic carbocycles. The van der Waals surface area contributed by atoms with E-state index in [1.807, 2.05) is 13.8 Å². The van der Waals surface area contributed by atoms with Crippen LogP contribution in [0.3, 0.4) is 0 Å². The average molecular weight is 315 g/mol. The minimum Gasteiger partial charge on any atom is -0.336 e. The molecule has 0 bridgehead atoms. The molecule has 1 aromatic rings. The molecule has 0 fully saturated rings. The van der Waals surface area contributed by atoms with Gasteiger partial charge in [-0.1, -0.05) is 0 Å². The molecular formula is C14H23ClN4O2. The van der Waals surface area contributed by atoms with Crippen molar-refractivity contribution in [2.75, 3.05) is 10.6 Å². The summed E-state index contributed by atoms with van der Waals surface area (Å²) in [5.74, 6) is -0.127. The first-order valence-corrected chi connectivity index (χ1v) is 6.60.